The summed E-state index contributed by atoms with van der Waals surface area (Å²) in [6, 6.07) is 0. The summed E-state index contributed by atoms with van der Waals surface area (Å²) in [7, 11) is 0. The lowest BCUT2D eigenvalue weighted by molar-refractivity contribution is -0.179. The number of halogens is 1. The molecule has 0 amide bonds. The molecule has 0 rings (SSSR count). The molecule has 0 aromatic carbocycles. The van der Waals surface area contributed by atoms with Crippen LogP contribution in [0.2, 0.25) is 0 Å². The fourth-order valence-electron chi connectivity index (χ4n) is 1.23. The van der Waals surface area contributed by atoms with Crippen molar-refractivity contribution in [1.29, 1.82) is 0 Å². The van der Waals surface area contributed by atoms with E-state index in [0.717, 1.165) is 13.8 Å². The lowest BCUT2D eigenvalue weighted by atomic mass is 10.1. The van der Waals surface area contributed by atoms with Gasteiger partial charge in [0.1, 0.15) is 12.8 Å². The highest BCUT2D eigenvalue weighted by atomic mass is 19.1. The molecule has 17 heavy (non-hydrogen) atoms. The first-order valence-electron chi connectivity index (χ1n) is 4.91. The van der Waals surface area contributed by atoms with Crippen molar-refractivity contribution in [2.45, 2.75) is 39.1 Å². The smallest absolute Gasteiger partial charge is 0.303 e. The van der Waals surface area contributed by atoms with Gasteiger partial charge in [0.2, 0.25) is 0 Å². The van der Waals surface area contributed by atoms with Crippen LogP contribution in [0, 0.1) is 0 Å². The Balaban J connectivity index is 4.77. The molecule has 98 valence electrons. The van der Waals surface area contributed by atoms with Crippen LogP contribution in [0.25, 0.3) is 0 Å². The fraction of sp³-hybridized carbons (Fsp3) is 0.700. The van der Waals surface area contributed by atoms with Gasteiger partial charge in [-0.05, 0) is 6.92 Å². The van der Waals surface area contributed by atoms with E-state index in [1.54, 1.807) is 0 Å². The number of rotatable bonds is 7. The first kappa shape index (κ1) is 15.3. The molecule has 0 saturated heterocycles. The van der Waals surface area contributed by atoms with Crippen molar-refractivity contribution < 1.29 is 33.0 Å². The molecule has 0 aromatic heterocycles. The summed E-state index contributed by atoms with van der Waals surface area (Å²) in [5, 5.41) is 0. The molecule has 7 heteroatoms. The summed E-state index contributed by atoms with van der Waals surface area (Å²) in [6.45, 7) is 2.70. The normalized spacial score (nSPS) is 15.3. The quantitative estimate of drug-likeness (QED) is 0.369. The number of hydrogen-bond acceptors (Lipinski definition) is 6. The van der Waals surface area contributed by atoms with E-state index in [2.05, 4.69) is 9.47 Å². The SMILES string of the molecule is CC(=O)O[C@@H]([C@H](C)OC=O)[C@H](CF)OC(C)=O. The van der Waals surface area contributed by atoms with E-state index in [4.69, 9.17) is 4.74 Å². The van der Waals surface area contributed by atoms with Crippen molar-refractivity contribution in [1.82, 2.24) is 0 Å². The molecular formula is C10H15FO6. The van der Waals surface area contributed by atoms with Crippen molar-refractivity contribution in [3.05, 3.63) is 0 Å². The van der Waals surface area contributed by atoms with Crippen molar-refractivity contribution in [3.8, 4) is 0 Å². The van der Waals surface area contributed by atoms with Gasteiger partial charge < -0.3 is 14.2 Å². The standard InChI is InChI=1S/C10H15FO6/c1-6(15-5-12)10(17-8(3)14)9(4-11)16-7(2)13/h5-6,9-10H,4H2,1-3H3/t6-,9-,10-/m0/s1. The Bertz CT molecular complexity index is 280. The second-order valence-corrected chi connectivity index (χ2v) is 3.31. The second kappa shape index (κ2) is 7.59. The van der Waals surface area contributed by atoms with Gasteiger partial charge in [0.05, 0.1) is 0 Å². The van der Waals surface area contributed by atoms with Crippen LogP contribution in [-0.4, -0.2) is 43.4 Å². The van der Waals surface area contributed by atoms with Gasteiger partial charge in [-0.25, -0.2) is 4.39 Å². The Labute approximate surface area is 98.0 Å². The maximum atomic E-state index is 12.7. The van der Waals surface area contributed by atoms with E-state index in [0.29, 0.717) is 0 Å². The van der Waals surface area contributed by atoms with Gasteiger partial charge in [-0.2, -0.15) is 0 Å². The topological polar surface area (TPSA) is 78.9 Å². The predicted molar refractivity (Wildman–Crippen MR) is 53.7 cm³/mol. The lowest BCUT2D eigenvalue weighted by Crippen LogP contribution is -2.44. The number of esters is 2. The van der Waals surface area contributed by atoms with Crippen molar-refractivity contribution >= 4 is 18.4 Å². The summed E-state index contributed by atoms with van der Waals surface area (Å²) in [4.78, 5) is 31.8. The number of alkyl halides is 1. The third-order valence-corrected chi connectivity index (χ3v) is 1.87. The monoisotopic (exact) mass is 250 g/mol. The Hall–Kier alpha value is -1.66. The summed E-state index contributed by atoms with van der Waals surface area (Å²) in [5.41, 5.74) is 0. The molecule has 0 unspecified atom stereocenters. The third-order valence-electron chi connectivity index (χ3n) is 1.87. The van der Waals surface area contributed by atoms with E-state index < -0.39 is 36.9 Å². The Kier molecular flexibility index (Phi) is 6.85. The molecule has 0 aliphatic rings. The van der Waals surface area contributed by atoms with Crippen LogP contribution in [0.3, 0.4) is 0 Å². The predicted octanol–water partition coefficient (Wildman–Crippen LogP) is 0.381. The molecule has 0 aromatic rings. The number of carbonyl (C=O) groups is 3. The number of ether oxygens (including phenoxy) is 3. The Morgan fingerprint density at radius 2 is 1.76 bits per heavy atom. The molecule has 0 N–H and O–H groups in total. The van der Waals surface area contributed by atoms with Crippen LogP contribution in [0.1, 0.15) is 20.8 Å². The average molecular weight is 250 g/mol. The van der Waals surface area contributed by atoms with Gasteiger partial charge in [-0.15, -0.1) is 0 Å². The molecule has 0 spiro atoms. The highest BCUT2D eigenvalue weighted by molar-refractivity contribution is 5.67. The van der Waals surface area contributed by atoms with Gasteiger partial charge >= 0.3 is 11.9 Å². The fourth-order valence-corrected chi connectivity index (χ4v) is 1.23. The van der Waals surface area contributed by atoms with E-state index in [-0.39, 0.29) is 6.47 Å². The van der Waals surface area contributed by atoms with Gasteiger partial charge in [0.15, 0.2) is 12.2 Å². The highest BCUT2D eigenvalue weighted by Gasteiger charge is 2.33. The Morgan fingerprint density at radius 3 is 2.12 bits per heavy atom. The van der Waals surface area contributed by atoms with E-state index in [9.17, 15) is 18.8 Å². The first-order chi connectivity index (χ1) is 7.92. The number of carbonyl (C=O) groups excluding carboxylic acids is 3. The summed E-state index contributed by atoms with van der Waals surface area (Å²) in [6.07, 6.45) is -3.39. The van der Waals surface area contributed by atoms with E-state index in [1.165, 1.54) is 6.92 Å². The van der Waals surface area contributed by atoms with Gasteiger partial charge in [0.25, 0.3) is 6.47 Å². The Morgan fingerprint density at radius 1 is 1.24 bits per heavy atom. The van der Waals surface area contributed by atoms with Crippen LogP contribution in [0.15, 0.2) is 0 Å². The minimum atomic E-state index is -1.30. The molecule has 0 radical (unpaired) electrons. The molecule has 0 aliphatic heterocycles. The van der Waals surface area contributed by atoms with E-state index in [1.807, 2.05) is 0 Å². The minimum absolute atomic E-state index is 0.143. The maximum absolute atomic E-state index is 12.7. The van der Waals surface area contributed by atoms with Crippen LogP contribution in [-0.2, 0) is 28.6 Å². The molecule has 0 heterocycles. The zero-order chi connectivity index (χ0) is 13.4. The summed E-state index contributed by atoms with van der Waals surface area (Å²) < 4.78 is 26.7. The van der Waals surface area contributed by atoms with Gasteiger partial charge in [-0.1, -0.05) is 0 Å². The lowest BCUT2D eigenvalue weighted by Gasteiger charge is -2.27. The molecular weight excluding hydrogens is 235 g/mol. The zero-order valence-electron chi connectivity index (χ0n) is 9.84. The highest BCUT2D eigenvalue weighted by Crippen LogP contribution is 2.13. The summed E-state index contributed by atoms with van der Waals surface area (Å²) in [5.74, 6) is -1.41. The average Bonchev–Trinajstić information content (AvgIpc) is 2.22. The van der Waals surface area contributed by atoms with Crippen molar-refractivity contribution in [3.63, 3.8) is 0 Å². The van der Waals surface area contributed by atoms with Crippen molar-refractivity contribution in [2.75, 3.05) is 6.67 Å². The van der Waals surface area contributed by atoms with Crippen molar-refractivity contribution in [2.24, 2.45) is 0 Å². The first-order valence-corrected chi connectivity index (χ1v) is 4.91. The molecule has 0 aliphatic carbocycles. The molecule has 0 bridgehead atoms. The zero-order valence-corrected chi connectivity index (χ0v) is 9.84. The van der Waals surface area contributed by atoms with Crippen LogP contribution < -0.4 is 0 Å². The molecule has 6 nitrogen and oxygen atoms in total. The maximum Gasteiger partial charge on any atom is 0.303 e. The van der Waals surface area contributed by atoms with Crippen LogP contribution in [0.4, 0.5) is 4.39 Å². The molecule has 3 atom stereocenters. The van der Waals surface area contributed by atoms with E-state index >= 15 is 0 Å². The molecule has 0 saturated carbocycles. The molecule has 0 fully saturated rings. The van der Waals surface area contributed by atoms with Gasteiger partial charge in [-0.3, -0.25) is 14.4 Å². The van der Waals surface area contributed by atoms with Crippen LogP contribution >= 0.6 is 0 Å². The third kappa shape index (κ3) is 5.84. The largest absolute Gasteiger partial charge is 0.461 e. The number of hydrogen-bond donors (Lipinski definition) is 0. The van der Waals surface area contributed by atoms with Crippen LogP contribution in [0.5, 0.6) is 0 Å². The van der Waals surface area contributed by atoms with Gasteiger partial charge in [0, 0.05) is 13.8 Å². The summed E-state index contributed by atoms with van der Waals surface area (Å²) >= 11 is 0. The second-order valence-electron chi connectivity index (χ2n) is 3.31. The minimum Gasteiger partial charge on any atom is -0.461 e.